The van der Waals surface area contributed by atoms with Crippen LogP contribution >= 0.6 is 0 Å². The van der Waals surface area contributed by atoms with Gasteiger partial charge in [0.05, 0.1) is 18.0 Å². The highest BCUT2D eigenvalue weighted by atomic mass is 16.3. The first-order chi connectivity index (χ1) is 6.16. The number of aromatic amines is 1. The quantitative estimate of drug-likeness (QED) is 0.484. The van der Waals surface area contributed by atoms with E-state index in [4.69, 9.17) is 10.8 Å². The number of nitrogen functional groups attached to an aromatic ring is 1. The SMILES string of the molecule is Cc1[nH]nc(C(=O)NCCO)c1N. The maximum Gasteiger partial charge on any atom is 0.274 e. The first-order valence-electron chi connectivity index (χ1n) is 3.86. The van der Waals surface area contributed by atoms with E-state index in [-0.39, 0.29) is 24.8 Å². The molecule has 1 rings (SSSR count). The summed E-state index contributed by atoms with van der Waals surface area (Å²) >= 11 is 0. The van der Waals surface area contributed by atoms with Crippen molar-refractivity contribution >= 4 is 11.6 Å². The number of aliphatic hydroxyl groups is 1. The van der Waals surface area contributed by atoms with Crippen LogP contribution in [0.2, 0.25) is 0 Å². The number of nitrogens with one attached hydrogen (secondary N) is 2. The highest BCUT2D eigenvalue weighted by Crippen LogP contribution is 2.11. The topological polar surface area (TPSA) is 104 Å². The van der Waals surface area contributed by atoms with Gasteiger partial charge >= 0.3 is 0 Å². The van der Waals surface area contributed by atoms with Crippen LogP contribution < -0.4 is 11.1 Å². The number of H-pyrrole nitrogens is 1. The number of rotatable bonds is 3. The van der Waals surface area contributed by atoms with Gasteiger partial charge in [-0.2, -0.15) is 5.10 Å². The summed E-state index contributed by atoms with van der Waals surface area (Å²) < 4.78 is 0. The molecule has 0 aliphatic heterocycles. The van der Waals surface area contributed by atoms with Gasteiger partial charge in [-0.05, 0) is 6.92 Å². The monoisotopic (exact) mass is 184 g/mol. The number of carbonyl (C=O) groups excluding carboxylic acids is 1. The van der Waals surface area contributed by atoms with Crippen LogP contribution in [0.25, 0.3) is 0 Å². The minimum absolute atomic E-state index is 0.102. The number of aromatic nitrogens is 2. The largest absolute Gasteiger partial charge is 0.395 e. The highest BCUT2D eigenvalue weighted by Gasteiger charge is 2.13. The molecule has 0 fully saturated rings. The Morgan fingerprint density at radius 3 is 2.92 bits per heavy atom. The van der Waals surface area contributed by atoms with E-state index < -0.39 is 0 Å². The lowest BCUT2D eigenvalue weighted by molar-refractivity contribution is 0.0940. The molecule has 72 valence electrons. The summed E-state index contributed by atoms with van der Waals surface area (Å²) in [5.74, 6) is -0.379. The molecule has 0 aromatic carbocycles. The van der Waals surface area contributed by atoms with Crippen LogP contribution in [0.5, 0.6) is 0 Å². The van der Waals surface area contributed by atoms with Gasteiger partial charge < -0.3 is 16.2 Å². The molecule has 0 unspecified atom stereocenters. The number of aliphatic hydroxyl groups excluding tert-OH is 1. The average molecular weight is 184 g/mol. The maximum atomic E-state index is 11.3. The molecule has 0 atom stereocenters. The second kappa shape index (κ2) is 3.90. The number of anilines is 1. The lowest BCUT2D eigenvalue weighted by Gasteiger charge is -1.99. The van der Waals surface area contributed by atoms with Gasteiger partial charge in [0.15, 0.2) is 5.69 Å². The van der Waals surface area contributed by atoms with Crippen molar-refractivity contribution in [3.05, 3.63) is 11.4 Å². The highest BCUT2D eigenvalue weighted by molar-refractivity contribution is 5.97. The molecule has 6 nitrogen and oxygen atoms in total. The molecule has 0 aliphatic rings. The average Bonchev–Trinajstić information content (AvgIpc) is 2.44. The maximum absolute atomic E-state index is 11.3. The molecule has 13 heavy (non-hydrogen) atoms. The summed E-state index contributed by atoms with van der Waals surface area (Å²) in [5.41, 5.74) is 6.73. The van der Waals surface area contributed by atoms with E-state index >= 15 is 0 Å². The molecule has 0 aliphatic carbocycles. The summed E-state index contributed by atoms with van der Waals surface area (Å²) in [6.07, 6.45) is 0. The molecule has 0 radical (unpaired) electrons. The smallest absolute Gasteiger partial charge is 0.274 e. The first kappa shape index (κ1) is 9.53. The molecule has 1 aromatic rings. The number of hydrogen-bond acceptors (Lipinski definition) is 4. The lowest BCUT2D eigenvalue weighted by atomic mass is 10.3. The predicted molar refractivity (Wildman–Crippen MR) is 47.2 cm³/mol. The molecule has 1 aromatic heterocycles. The zero-order valence-corrected chi connectivity index (χ0v) is 7.29. The predicted octanol–water partition coefficient (Wildman–Crippen LogP) is -0.978. The summed E-state index contributed by atoms with van der Waals surface area (Å²) in [5, 5.41) is 17.2. The van der Waals surface area contributed by atoms with E-state index in [1.807, 2.05) is 0 Å². The van der Waals surface area contributed by atoms with E-state index in [9.17, 15) is 4.79 Å². The second-order valence-corrected chi connectivity index (χ2v) is 2.59. The van der Waals surface area contributed by atoms with Crippen LogP contribution in [0, 0.1) is 6.92 Å². The van der Waals surface area contributed by atoms with Gasteiger partial charge in [-0.15, -0.1) is 0 Å². The minimum atomic E-state index is -0.379. The number of amides is 1. The number of aryl methyl sites for hydroxylation is 1. The Labute approximate surface area is 75.1 Å². The number of carbonyl (C=O) groups is 1. The van der Waals surface area contributed by atoms with Crippen LogP contribution in [0.3, 0.4) is 0 Å². The summed E-state index contributed by atoms with van der Waals surface area (Å²) in [7, 11) is 0. The fourth-order valence-electron chi connectivity index (χ4n) is 0.864. The third-order valence-corrected chi connectivity index (χ3v) is 1.61. The molecule has 1 heterocycles. The molecular formula is C7H12N4O2. The molecule has 6 heteroatoms. The Hall–Kier alpha value is -1.56. The normalized spacial score (nSPS) is 10.0. The fraction of sp³-hybridized carbons (Fsp3) is 0.429. The first-order valence-corrected chi connectivity index (χ1v) is 3.86. The number of nitrogens with zero attached hydrogens (tertiary/aromatic N) is 1. The molecule has 0 bridgehead atoms. The van der Waals surface area contributed by atoms with Crippen molar-refractivity contribution < 1.29 is 9.90 Å². The van der Waals surface area contributed by atoms with Crippen LogP contribution in [0.1, 0.15) is 16.2 Å². The lowest BCUT2D eigenvalue weighted by Crippen LogP contribution is -2.27. The molecule has 0 saturated carbocycles. The van der Waals surface area contributed by atoms with Gasteiger partial charge in [0, 0.05) is 6.54 Å². The van der Waals surface area contributed by atoms with Gasteiger partial charge in [0.1, 0.15) is 0 Å². The number of nitrogens with two attached hydrogens (primary N) is 1. The third-order valence-electron chi connectivity index (χ3n) is 1.61. The van der Waals surface area contributed by atoms with Gasteiger partial charge in [-0.3, -0.25) is 9.89 Å². The van der Waals surface area contributed by atoms with Crippen molar-refractivity contribution in [1.82, 2.24) is 15.5 Å². The van der Waals surface area contributed by atoms with Crippen LogP contribution in [-0.2, 0) is 0 Å². The fourth-order valence-corrected chi connectivity index (χ4v) is 0.864. The minimum Gasteiger partial charge on any atom is -0.395 e. The number of hydrogen-bond donors (Lipinski definition) is 4. The Kier molecular flexibility index (Phi) is 2.86. The molecule has 5 N–H and O–H groups in total. The van der Waals surface area contributed by atoms with Gasteiger partial charge in [0.2, 0.25) is 0 Å². The molecule has 0 spiro atoms. The Morgan fingerprint density at radius 2 is 2.46 bits per heavy atom. The van der Waals surface area contributed by atoms with Crippen LogP contribution in [0.4, 0.5) is 5.69 Å². The standard InChI is InChI=1S/C7H12N4O2/c1-4-5(8)6(11-10-4)7(13)9-2-3-12/h12H,2-3,8H2,1H3,(H,9,13)(H,10,11). The van der Waals surface area contributed by atoms with Crippen molar-refractivity contribution in [2.45, 2.75) is 6.92 Å². The van der Waals surface area contributed by atoms with Crippen molar-refractivity contribution in [1.29, 1.82) is 0 Å². The van der Waals surface area contributed by atoms with Crippen molar-refractivity contribution in [2.75, 3.05) is 18.9 Å². The molecular weight excluding hydrogens is 172 g/mol. The van der Waals surface area contributed by atoms with Gasteiger partial charge in [-0.1, -0.05) is 0 Å². The Morgan fingerprint density at radius 1 is 1.77 bits per heavy atom. The van der Waals surface area contributed by atoms with E-state index in [1.165, 1.54) is 0 Å². The van der Waals surface area contributed by atoms with E-state index in [0.717, 1.165) is 0 Å². The van der Waals surface area contributed by atoms with Gasteiger partial charge in [-0.25, -0.2) is 0 Å². The second-order valence-electron chi connectivity index (χ2n) is 2.59. The van der Waals surface area contributed by atoms with E-state index in [1.54, 1.807) is 6.92 Å². The van der Waals surface area contributed by atoms with Crippen molar-refractivity contribution in [2.24, 2.45) is 0 Å². The zero-order chi connectivity index (χ0) is 9.84. The van der Waals surface area contributed by atoms with Crippen LogP contribution in [-0.4, -0.2) is 34.4 Å². The van der Waals surface area contributed by atoms with Crippen LogP contribution in [0.15, 0.2) is 0 Å². The zero-order valence-electron chi connectivity index (χ0n) is 7.29. The van der Waals surface area contributed by atoms with Crippen molar-refractivity contribution in [3.63, 3.8) is 0 Å². The van der Waals surface area contributed by atoms with E-state index in [0.29, 0.717) is 11.4 Å². The summed E-state index contributed by atoms with van der Waals surface area (Å²) in [6.45, 7) is 1.82. The molecule has 0 saturated heterocycles. The summed E-state index contributed by atoms with van der Waals surface area (Å²) in [6, 6.07) is 0. The molecule has 1 amide bonds. The van der Waals surface area contributed by atoms with Gasteiger partial charge in [0.25, 0.3) is 5.91 Å². The Bertz CT molecular complexity index is 307. The summed E-state index contributed by atoms with van der Waals surface area (Å²) in [4.78, 5) is 11.3. The third kappa shape index (κ3) is 1.97. The van der Waals surface area contributed by atoms with E-state index in [2.05, 4.69) is 15.5 Å². The van der Waals surface area contributed by atoms with Crippen molar-refractivity contribution in [3.8, 4) is 0 Å². The Balaban J connectivity index is 2.71.